The molecule has 0 aromatic rings. The Bertz CT molecular complexity index is 114. The van der Waals surface area contributed by atoms with E-state index in [-0.39, 0.29) is 0 Å². The Morgan fingerprint density at radius 1 is 1.50 bits per heavy atom. The SMILES string of the molecule is CS/C(C)=C\C(C)=S. The molecule has 0 N–H and O–H groups in total. The van der Waals surface area contributed by atoms with Crippen LogP contribution >= 0.6 is 24.0 Å². The average molecular weight is 146 g/mol. The zero-order valence-electron chi connectivity index (χ0n) is 5.39. The Kier molecular flexibility index (Phi) is 4.19. The van der Waals surface area contributed by atoms with Crippen LogP contribution in [-0.4, -0.2) is 11.1 Å². The first kappa shape index (κ1) is 8.18. The van der Waals surface area contributed by atoms with Gasteiger partial charge in [-0.05, 0) is 31.1 Å². The van der Waals surface area contributed by atoms with E-state index in [4.69, 9.17) is 12.2 Å². The van der Waals surface area contributed by atoms with E-state index in [9.17, 15) is 0 Å². The van der Waals surface area contributed by atoms with Crippen molar-refractivity contribution >= 4 is 28.8 Å². The predicted octanol–water partition coefficient (Wildman–Crippen LogP) is 2.64. The summed E-state index contributed by atoms with van der Waals surface area (Å²) in [6.07, 6.45) is 4.05. The lowest BCUT2D eigenvalue weighted by Gasteiger charge is -1.89. The molecule has 0 spiro atoms. The van der Waals surface area contributed by atoms with Crippen LogP contribution in [-0.2, 0) is 0 Å². The fourth-order valence-electron chi connectivity index (χ4n) is 0.345. The Balaban J connectivity index is 3.75. The van der Waals surface area contributed by atoms with Crippen LogP contribution in [0, 0.1) is 0 Å². The van der Waals surface area contributed by atoms with Crippen LogP contribution in [0.5, 0.6) is 0 Å². The van der Waals surface area contributed by atoms with Gasteiger partial charge in [0.1, 0.15) is 0 Å². The van der Waals surface area contributed by atoms with Crippen molar-refractivity contribution in [2.24, 2.45) is 0 Å². The molecule has 8 heavy (non-hydrogen) atoms. The number of allylic oxidation sites excluding steroid dienone is 2. The van der Waals surface area contributed by atoms with Crippen LogP contribution in [0.4, 0.5) is 0 Å². The molecule has 0 heterocycles. The number of thiocarbonyl (C=S) groups is 1. The molecule has 0 bridgehead atoms. The van der Waals surface area contributed by atoms with Gasteiger partial charge in [0.25, 0.3) is 0 Å². The van der Waals surface area contributed by atoms with E-state index in [1.54, 1.807) is 11.8 Å². The summed E-state index contributed by atoms with van der Waals surface area (Å²) in [6.45, 7) is 3.98. The molecule has 0 saturated carbocycles. The second-order valence-electron chi connectivity index (χ2n) is 1.57. The van der Waals surface area contributed by atoms with Crippen molar-refractivity contribution in [2.45, 2.75) is 13.8 Å². The molecule has 0 radical (unpaired) electrons. The molecule has 0 aliphatic rings. The van der Waals surface area contributed by atoms with E-state index in [1.807, 2.05) is 19.3 Å². The quantitative estimate of drug-likeness (QED) is 0.434. The van der Waals surface area contributed by atoms with Gasteiger partial charge in [-0.1, -0.05) is 12.2 Å². The first-order valence-electron chi connectivity index (χ1n) is 2.39. The van der Waals surface area contributed by atoms with Gasteiger partial charge >= 0.3 is 0 Å². The highest BCUT2D eigenvalue weighted by atomic mass is 32.2. The molecule has 0 unspecified atom stereocenters. The highest BCUT2D eigenvalue weighted by Gasteiger charge is 1.82. The summed E-state index contributed by atoms with van der Waals surface area (Å²) in [4.78, 5) is 2.23. The number of rotatable bonds is 2. The van der Waals surface area contributed by atoms with E-state index >= 15 is 0 Å². The van der Waals surface area contributed by atoms with Gasteiger partial charge in [-0.15, -0.1) is 11.8 Å². The van der Waals surface area contributed by atoms with Crippen LogP contribution in [0.1, 0.15) is 13.8 Å². The average Bonchev–Trinajstić information content (AvgIpc) is 1.65. The van der Waals surface area contributed by atoms with E-state index in [2.05, 4.69) is 6.92 Å². The van der Waals surface area contributed by atoms with Crippen LogP contribution in [0.25, 0.3) is 0 Å². The van der Waals surface area contributed by atoms with Gasteiger partial charge in [0.05, 0.1) is 0 Å². The van der Waals surface area contributed by atoms with Crippen molar-refractivity contribution in [3.05, 3.63) is 11.0 Å². The van der Waals surface area contributed by atoms with Crippen molar-refractivity contribution in [3.63, 3.8) is 0 Å². The van der Waals surface area contributed by atoms with E-state index in [0.717, 1.165) is 4.86 Å². The molecule has 0 nitrogen and oxygen atoms in total. The molecular formula is C6H10S2. The number of hydrogen-bond donors (Lipinski definition) is 0. The van der Waals surface area contributed by atoms with Gasteiger partial charge in [-0.2, -0.15) is 0 Å². The molecule has 0 aromatic carbocycles. The largest absolute Gasteiger partial charge is 0.134 e. The minimum absolute atomic E-state index is 0.955. The lowest BCUT2D eigenvalue weighted by atomic mass is 10.4. The summed E-state index contributed by atoms with van der Waals surface area (Å²) in [5.74, 6) is 0. The molecule has 46 valence electrons. The highest BCUT2D eigenvalue weighted by molar-refractivity contribution is 8.02. The molecule has 0 aliphatic heterocycles. The van der Waals surface area contributed by atoms with Crippen LogP contribution in [0.2, 0.25) is 0 Å². The summed E-state index contributed by atoms with van der Waals surface area (Å²) in [5, 5.41) is 0. The normalized spacial score (nSPS) is 11.6. The standard InChI is InChI=1S/C6H10S2/c1-5(7)4-6(2)8-3/h4H,1-3H3/b6-4-. The highest BCUT2D eigenvalue weighted by Crippen LogP contribution is 2.08. The third kappa shape index (κ3) is 4.34. The van der Waals surface area contributed by atoms with Gasteiger partial charge in [0, 0.05) is 4.86 Å². The van der Waals surface area contributed by atoms with Gasteiger partial charge in [-0.3, -0.25) is 0 Å². The van der Waals surface area contributed by atoms with Crippen molar-refractivity contribution in [1.29, 1.82) is 0 Å². The smallest absolute Gasteiger partial charge is 0.0129 e. The molecule has 0 aliphatic carbocycles. The van der Waals surface area contributed by atoms with Crippen LogP contribution in [0.15, 0.2) is 11.0 Å². The Hall–Kier alpha value is 0.180. The third-order valence-corrected chi connectivity index (χ3v) is 1.61. The van der Waals surface area contributed by atoms with Gasteiger partial charge in [0.15, 0.2) is 0 Å². The summed E-state index contributed by atoms with van der Waals surface area (Å²) in [6, 6.07) is 0. The monoisotopic (exact) mass is 146 g/mol. The third-order valence-electron chi connectivity index (χ3n) is 0.729. The summed E-state index contributed by atoms with van der Waals surface area (Å²) >= 11 is 6.58. The lowest BCUT2D eigenvalue weighted by Crippen LogP contribution is -1.76. The van der Waals surface area contributed by atoms with E-state index in [0.29, 0.717) is 0 Å². The topological polar surface area (TPSA) is 0 Å². The molecule has 0 saturated heterocycles. The van der Waals surface area contributed by atoms with Gasteiger partial charge < -0.3 is 0 Å². The summed E-state index contributed by atoms with van der Waals surface area (Å²) in [7, 11) is 0. The van der Waals surface area contributed by atoms with Gasteiger partial charge in [0.2, 0.25) is 0 Å². The zero-order valence-corrected chi connectivity index (χ0v) is 7.03. The maximum absolute atomic E-state index is 4.85. The number of hydrogen-bond acceptors (Lipinski definition) is 2. The first-order valence-corrected chi connectivity index (χ1v) is 4.03. The molecule has 0 rings (SSSR count). The molecule has 2 heteroatoms. The maximum atomic E-state index is 4.85. The molecule has 0 atom stereocenters. The summed E-state index contributed by atoms with van der Waals surface area (Å²) in [5.41, 5.74) is 0. The van der Waals surface area contributed by atoms with E-state index < -0.39 is 0 Å². The minimum Gasteiger partial charge on any atom is -0.134 e. The van der Waals surface area contributed by atoms with Crippen molar-refractivity contribution in [2.75, 3.05) is 6.26 Å². The second-order valence-corrected chi connectivity index (χ2v) is 3.27. The Labute approximate surface area is 60.4 Å². The summed E-state index contributed by atoms with van der Waals surface area (Å²) < 4.78 is 0. The minimum atomic E-state index is 0.955. The fraction of sp³-hybridized carbons (Fsp3) is 0.500. The molecule has 0 amide bonds. The number of thioether (sulfide) groups is 1. The Morgan fingerprint density at radius 2 is 2.00 bits per heavy atom. The van der Waals surface area contributed by atoms with Crippen molar-refractivity contribution < 1.29 is 0 Å². The maximum Gasteiger partial charge on any atom is 0.0129 e. The van der Waals surface area contributed by atoms with Crippen LogP contribution in [0.3, 0.4) is 0 Å². The molecule has 0 fully saturated rings. The molecule has 0 aromatic heterocycles. The Morgan fingerprint density at radius 3 is 2.12 bits per heavy atom. The van der Waals surface area contributed by atoms with Gasteiger partial charge in [-0.25, -0.2) is 0 Å². The molecular weight excluding hydrogens is 136 g/mol. The second kappa shape index (κ2) is 4.10. The van der Waals surface area contributed by atoms with Crippen molar-refractivity contribution in [3.8, 4) is 0 Å². The fourth-order valence-corrected chi connectivity index (χ4v) is 0.891. The first-order chi connectivity index (χ1) is 3.66. The van der Waals surface area contributed by atoms with Crippen molar-refractivity contribution in [1.82, 2.24) is 0 Å². The van der Waals surface area contributed by atoms with E-state index in [1.165, 1.54) is 4.91 Å². The van der Waals surface area contributed by atoms with Crippen LogP contribution < -0.4 is 0 Å². The lowest BCUT2D eigenvalue weighted by molar-refractivity contribution is 1.70. The zero-order chi connectivity index (χ0) is 6.57. The predicted molar refractivity (Wildman–Crippen MR) is 45.5 cm³/mol.